The zero-order valence-electron chi connectivity index (χ0n) is 14.8. The number of rotatable bonds is 4. The van der Waals surface area contributed by atoms with Crippen LogP contribution in [0.3, 0.4) is 0 Å². The highest BCUT2D eigenvalue weighted by Gasteiger charge is 2.73. The number of aromatic hydroxyl groups is 1. The molecule has 3 fully saturated rings. The number of hydrogen-bond acceptors (Lipinski definition) is 5. The van der Waals surface area contributed by atoms with Gasteiger partial charge < -0.3 is 9.84 Å². The van der Waals surface area contributed by atoms with Gasteiger partial charge in [-0.2, -0.15) is 10.1 Å². The second-order valence-electron chi connectivity index (χ2n) is 7.74. The molecule has 4 atom stereocenters. The van der Waals surface area contributed by atoms with E-state index in [4.69, 9.17) is 4.74 Å². The fourth-order valence-corrected chi connectivity index (χ4v) is 5.69. The third-order valence-corrected chi connectivity index (χ3v) is 7.11. The van der Waals surface area contributed by atoms with Crippen molar-refractivity contribution in [3.63, 3.8) is 0 Å². The van der Waals surface area contributed by atoms with Crippen LogP contribution in [0.15, 0.2) is 33.9 Å². The number of phenolic OH excluding ortho intramolecular Hbond substituents is 1. The molecular weight excluding hydrogens is 412 g/mol. The van der Waals surface area contributed by atoms with Crippen molar-refractivity contribution in [1.29, 1.82) is 0 Å². The molecule has 4 aliphatic rings. The summed E-state index contributed by atoms with van der Waals surface area (Å²) in [6, 6.07) is 3.29. The number of halogens is 1. The fraction of sp³-hybridized carbons (Fsp3) is 0.450. The quantitative estimate of drug-likeness (QED) is 0.452. The lowest BCUT2D eigenvalue weighted by atomic mass is 9.85. The Morgan fingerprint density at radius 2 is 1.89 bits per heavy atom. The molecule has 2 bridgehead atoms. The Bertz CT molecular complexity index is 887. The van der Waals surface area contributed by atoms with Crippen LogP contribution in [0.4, 0.5) is 0 Å². The molecule has 7 heteroatoms. The number of hydrazone groups is 1. The average molecular weight is 431 g/mol. The number of amides is 2. The van der Waals surface area contributed by atoms with Crippen LogP contribution in [0.1, 0.15) is 25.3 Å². The minimum absolute atomic E-state index is 0.00855. The van der Waals surface area contributed by atoms with Gasteiger partial charge in [0.25, 0.3) is 11.8 Å². The normalized spacial score (nSPS) is 32.1. The Labute approximate surface area is 165 Å². The maximum atomic E-state index is 12.9. The average Bonchev–Trinajstić information content (AvgIpc) is 3.24. The smallest absolute Gasteiger partial charge is 0.254 e. The minimum atomic E-state index is -0.252. The van der Waals surface area contributed by atoms with E-state index in [2.05, 4.69) is 33.2 Å². The number of hydrogen-bond donors (Lipinski definition) is 1. The zero-order valence-corrected chi connectivity index (χ0v) is 16.3. The summed E-state index contributed by atoms with van der Waals surface area (Å²) in [6.07, 6.45) is 7.99. The van der Waals surface area contributed by atoms with E-state index < -0.39 is 0 Å². The minimum Gasteiger partial charge on any atom is -0.503 e. The van der Waals surface area contributed by atoms with Gasteiger partial charge in [-0.1, -0.05) is 12.2 Å². The van der Waals surface area contributed by atoms with Gasteiger partial charge in [-0.15, -0.1) is 0 Å². The number of carbonyl (C=O) groups excluding carboxylic acids is 2. The first-order valence-electron chi connectivity index (χ1n) is 9.23. The van der Waals surface area contributed by atoms with E-state index in [1.54, 1.807) is 12.1 Å². The van der Waals surface area contributed by atoms with E-state index in [9.17, 15) is 14.7 Å². The van der Waals surface area contributed by atoms with Crippen LogP contribution >= 0.6 is 15.9 Å². The topological polar surface area (TPSA) is 79.2 Å². The third kappa shape index (κ3) is 2.21. The SMILES string of the molecule is CCOc1cc(/C=N\N2C(=O)[C@@H]3[C@@H](C2=O)[C@H]2C=C[C@H]3C23CC3)cc(Br)c1O. The molecule has 1 aromatic rings. The number of fused-ring (bicyclic) bond motifs is 3. The van der Waals surface area contributed by atoms with Gasteiger partial charge >= 0.3 is 0 Å². The van der Waals surface area contributed by atoms with Crippen molar-refractivity contribution in [1.82, 2.24) is 5.01 Å². The molecule has 2 amide bonds. The summed E-state index contributed by atoms with van der Waals surface area (Å²) >= 11 is 3.28. The molecule has 1 saturated heterocycles. The first-order valence-corrected chi connectivity index (χ1v) is 10.0. The van der Waals surface area contributed by atoms with Gasteiger partial charge in [-0.3, -0.25) is 9.59 Å². The molecule has 6 nitrogen and oxygen atoms in total. The van der Waals surface area contributed by atoms with E-state index in [1.165, 1.54) is 6.21 Å². The summed E-state index contributed by atoms with van der Waals surface area (Å²) in [7, 11) is 0. The van der Waals surface area contributed by atoms with Gasteiger partial charge in [-0.05, 0) is 70.6 Å². The maximum Gasteiger partial charge on any atom is 0.254 e. The molecule has 1 aliphatic heterocycles. The number of nitrogens with zero attached hydrogens (tertiary/aromatic N) is 2. The molecular formula is C20H19BrN2O4. The predicted octanol–water partition coefficient (Wildman–Crippen LogP) is 3.08. The highest BCUT2D eigenvalue weighted by molar-refractivity contribution is 9.10. The molecule has 1 N–H and O–H groups in total. The largest absolute Gasteiger partial charge is 0.503 e. The number of benzene rings is 1. The number of carbonyl (C=O) groups is 2. The summed E-state index contributed by atoms with van der Waals surface area (Å²) in [4.78, 5) is 25.8. The van der Waals surface area contributed by atoms with E-state index in [0.29, 0.717) is 22.4 Å². The second kappa shape index (κ2) is 5.67. The monoisotopic (exact) mass is 430 g/mol. The standard InChI is InChI=1S/C20H19BrN2O4/c1-2-27-14-8-10(7-13(21)17(14)24)9-22-23-18(25)15-11-3-4-12(16(15)19(23)26)20(11)5-6-20/h3-4,7-9,11-12,15-16,24H,2,5-6H2,1H3/b22-9-/t11-,12-,15+,16+/m1/s1. The Kier molecular flexibility index (Phi) is 3.57. The van der Waals surface area contributed by atoms with Crippen molar-refractivity contribution < 1.29 is 19.4 Å². The van der Waals surface area contributed by atoms with Crippen LogP contribution in [0, 0.1) is 29.1 Å². The summed E-state index contributed by atoms with van der Waals surface area (Å²) < 4.78 is 5.86. The Hall–Kier alpha value is -2.15. The summed E-state index contributed by atoms with van der Waals surface area (Å²) in [5.41, 5.74) is 0.811. The van der Waals surface area contributed by atoms with Crippen LogP contribution in [0.5, 0.6) is 11.5 Å². The first kappa shape index (κ1) is 17.0. The van der Waals surface area contributed by atoms with Crippen LogP contribution in [-0.4, -0.2) is 34.8 Å². The number of allylic oxidation sites excluding steroid dienone is 2. The van der Waals surface area contributed by atoms with Crippen LogP contribution < -0.4 is 4.74 Å². The van der Waals surface area contributed by atoms with E-state index >= 15 is 0 Å². The summed E-state index contributed by atoms with van der Waals surface area (Å²) in [5.74, 6) is -0.167. The molecule has 5 rings (SSSR count). The predicted molar refractivity (Wildman–Crippen MR) is 101 cm³/mol. The van der Waals surface area contributed by atoms with Crippen molar-refractivity contribution in [2.75, 3.05) is 6.61 Å². The molecule has 1 spiro atoms. The highest BCUT2D eigenvalue weighted by atomic mass is 79.9. The van der Waals surface area contributed by atoms with Gasteiger partial charge in [0.15, 0.2) is 11.5 Å². The molecule has 2 saturated carbocycles. The molecule has 140 valence electrons. The Morgan fingerprint density at radius 1 is 1.26 bits per heavy atom. The highest BCUT2D eigenvalue weighted by Crippen LogP contribution is 2.73. The third-order valence-electron chi connectivity index (χ3n) is 6.50. The van der Waals surface area contributed by atoms with Gasteiger partial charge in [0, 0.05) is 0 Å². The Balaban J connectivity index is 1.41. The van der Waals surface area contributed by atoms with Crippen molar-refractivity contribution in [2.45, 2.75) is 19.8 Å². The van der Waals surface area contributed by atoms with E-state index in [1.807, 2.05) is 6.92 Å². The van der Waals surface area contributed by atoms with Crippen molar-refractivity contribution >= 4 is 34.0 Å². The molecule has 0 radical (unpaired) electrons. The number of phenols is 1. The van der Waals surface area contributed by atoms with Crippen molar-refractivity contribution in [2.24, 2.45) is 34.2 Å². The molecule has 1 heterocycles. The van der Waals surface area contributed by atoms with E-state index in [-0.39, 0.29) is 46.7 Å². The second-order valence-corrected chi connectivity index (χ2v) is 8.59. The molecule has 0 aromatic heterocycles. The maximum absolute atomic E-state index is 12.9. The van der Waals surface area contributed by atoms with Crippen LogP contribution in [0.2, 0.25) is 0 Å². The lowest BCUT2D eigenvalue weighted by Crippen LogP contribution is -2.30. The van der Waals surface area contributed by atoms with Gasteiger partial charge in [0.1, 0.15) is 0 Å². The summed E-state index contributed by atoms with van der Waals surface area (Å²) in [5, 5.41) is 15.2. The van der Waals surface area contributed by atoms with Crippen LogP contribution in [-0.2, 0) is 9.59 Å². The fourth-order valence-electron chi connectivity index (χ4n) is 5.23. The lowest BCUT2D eigenvalue weighted by Gasteiger charge is -2.18. The number of ether oxygens (including phenoxy) is 1. The van der Waals surface area contributed by atoms with Gasteiger partial charge in [0.2, 0.25) is 0 Å². The van der Waals surface area contributed by atoms with Crippen molar-refractivity contribution in [3.05, 3.63) is 34.3 Å². The van der Waals surface area contributed by atoms with Crippen molar-refractivity contribution in [3.8, 4) is 11.5 Å². The van der Waals surface area contributed by atoms with Gasteiger partial charge in [-0.25, -0.2) is 0 Å². The molecule has 27 heavy (non-hydrogen) atoms. The van der Waals surface area contributed by atoms with Crippen LogP contribution in [0.25, 0.3) is 0 Å². The lowest BCUT2D eigenvalue weighted by molar-refractivity contribution is -0.141. The molecule has 1 aromatic carbocycles. The first-order chi connectivity index (χ1) is 13.0. The zero-order chi connectivity index (χ0) is 18.9. The summed E-state index contributed by atoms with van der Waals surface area (Å²) in [6.45, 7) is 2.23. The molecule has 3 aliphatic carbocycles. The number of imide groups is 1. The molecule has 0 unspecified atom stereocenters. The Morgan fingerprint density at radius 3 is 2.44 bits per heavy atom. The van der Waals surface area contributed by atoms with Gasteiger partial charge in [0.05, 0.1) is 29.1 Å². The van der Waals surface area contributed by atoms with E-state index in [0.717, 1.165) is 17.9 Å².